The molecule has 1 aromatic heterocycles. The molecule has 0 saturated heterocycles. The van der Waals surface area contributed by atoms with Crippen LogP contribution in [0.3, 0.4) is 0 Å². The molecule has 1 aromatic carbocycles. The molecule has 0 aliphatic carbocycles. The van der Waals surface area contributed by atoms with E-state index in [0.29, 0.717) is 11.5 Å². The van der Waals surface area contributed by atoms with Crippen molar-refractivity contribution in [2.24, 2.45) is 0 Å². The maximum atomic E-state index is 5.29. The van der Waals surface area contributed by atoms with Gasteiger partial charge in [-0.15, -0.1) is 0 Å². The molecule has 0 bridgehead atoms. The van der Waals surface area contributed by atoms with Gasteiger partial charge in [-0.2, -0.15) is 0 Å². The molecular weight excluding hydrogens is 274 g/mol. The van der Waals surface area contributed by atoms with E-state index in [4.69, 9.17) is 9.47 Å². The van der Waals surface area contributed by atoms with Crippen LogP contribution in [0.25, 0.3) is 0 Å². The molecule has 0 amide bonds. The highest BCUT2D eigenvalue weighted by Gasteiger charge is 2.07. The van der Waals surface area contributed by atoms with Gasteiger partial charge in [-0.1, -0.05) is 11.8 Å². The Morgan fingerprint density at radius 3 is 2.55 bits per heavy atom. The number of thioether (sulfide) groups is 1. The van der Waals surface area contributed by atoms with Gasteiger partial charge in [0.1, 0.15) is 5.82 Å². The van der Waals surface area contributed by atoms with Crippen molar-refractivity contribution in [3.8, 4) is 11.5 Å². The van der Waals surface area contributed by atoms with Gasteiger partial charge in [0.05, 0.1) is 14.2 Å². The van der Waals surface area contributed by atoms with Crippen molar-refractivity contribution in [3.05, 3.63) is 30.0 Å². The van der Waals surface area contributed by atoms with Crippen molar-refractivity contribution in [1.29, 1.82) is 0 Å². The molecule has 6 heteroatoms. The third-order valence-corrected chi connectivity index (χ3v) is 3.34. The summed E-state index contributed by atoms with van der Waals surface area (Å²) in [6.07, 6.45) is 3.76. The van der Waals surface area contributed by atoms with Gasteiger partial charge in [-0.3, -0.25) is 0 Å². The SMILES string of the molecule is COc1ccc(Nc2nc(SC)ncc2C)cc1OC. The van der Waals surface area contributed by atoms with Crippen molar-refractivity contribution in [3.63, 3.8) is 0 Å². The van der Waals surface area contributed by atoms with E-state index in [1.807, 2.05) is 37.6 Å². The molecule has 0 aliphatic rings. The summed E-state index contributed by atoms with van der Waals surface area (Å²) in [7, 11) is 3.23. The first-order valence-corrected chi connectivity index (χ1v) is 7.27. The summed E-state index contributed by atoms with van der Waals surface area (Å²) >= 11 is 1.51. The van der Waals surface area contributed by atoms with Gasteiger partial charge in [0.2, 0.25) is 0 Å². The highest BCUT2D eigenvalue weighted by atomic mass is 32.2. The number of nitrogens with one attached hydrogen (secondary N) is 1. The second kappa shape index (κ2) is 6.47. The Labute approximate surface area is 122 Å². The van der Waals surface area contributed by atoms with Crippen LogP contribution >= 0.6 is 11.8 Å². The first-order chi connectivity index (χ1) is 9.67. The maximum absolute atomic E-state index is 5.29. The molecule has 20 heavy (non-hydrogen) atoms. The number of nitrogens with zero attached hydrogens (tertiary/aromatic N) is 2. The van der Waals surface area contributed by atoms with Crippen molar-refractivity contribution >= 4 is 23.3 Å². The van der Waals surface area contributed by atoms with Gasteiger partial charge in [-0.25, -0.2) is 9.97 Å². The average Bonchev–Trinajstić information content (AvgIpc) is 2.49. The molecular formula is C14H17N3O2S. The molecule has 1 N–H and O–H groups in total. The van der Waals surface area contributed by atoms with Crippen LogP contribution in [0.5, 0.6) is 11.5 Å². The Hall–Kier alpha value is -1.95. The van der Waals surface area contributed by atoms with E-state index < -0.39 is 0 Å². The Balaban J connectivity index is 2.30. The largest absolute Gasteiger partial charge is 0.493 e. The highest BCUT2D eigenvalue weighted by Crippen LogP contribution is 2.31. The van der Waals surface area contributed by atoms with E-state index in [2.05, 4.69) is 15.3 Å². The van der Waals surface area contributed by atoms with E-state index in [1.165, 1.54) is 11.8 Å². The van der Waals surface area contributed by atoms with Crippen LogP contribution in [0.4, 0.5) is 11.5 Å². The predicted octanol–water partition coefficient (Wildman–Crippen LogP) is 3.27. The van der Waals surface area contributed by atoms with Crippen LogP contribution in [0.1, 0.15) is 5.56 Å². The lowest BCUT2D eigenvalue weighted by Gasteiger charge is -2.12. The minimum atomic E-state index is 0.675. The number of hydrogen-bond acceptors (Lipinski definition) is 6. The molecule has 2 aromatic rings. The molecule has 0 aliphatic heterocycles. The first kappa shape index (κ1) is 14.5. The lowest BCUT2D eigenvalue weighted by Crippen LogP contribution is -2.00. The van der Waals surface area contributed by atoms with E-state index in [9.17, 15) is 0 Å². The summed E-state index contributed by atoms with van der Waals surface area (Å²) in [5.41, 5.74) is 1.87. The van der Waals surface area contributed by atoms with Crippen LogP contribution in [-0.2, 0) is 0 Å². The minimum absolute atomic E-state index is 0.675. The van der Waals surface area contributed by atoms with Crippen LogP contribution in [0, 0.1) is 6.92 Å². The first-order valence-electron chi connectivity index (χ1n) is 6.04. The second-order valence-electron chi connectivity index (χ2n) is 4.08. The minimum Gasteiger partial charge on any atom is -0.493 e. The predicted molar refractivity (Wildman–Crippen MR) is 81.4 cm³/mol. The number of ether oxygens (including phenoxy) is 2. The monoisotopic (exact) mass is 291 g/mol. The summed E-state index contributed by atoms with van der Waals surface area (Å²) in [4.78, 5) is 8.68. The molecule has 106 valence electrons. The molecule has 1 heterocycles. The number of benzene rings is 1. The molecule has 0 fully saturated rings. The summed E-state index contributed by atoms with van der Waals surface area (Å²) in [5, 5.41) is 4.01. The van der Waals surface area contributed by atoms with Crippen LogP contribution in [0.2, 0.25) is 0 Å². The normalized spacial score (nSPS) is 10.2. The second-order valence-corrected chi connectivity index (χ2v) is 4.86. The van der Waals surface area contributed by atoms with Crippen LogP contribution < -0.4 is 14.8 Å². The van der Waals surface area contributed by atoms with E-state index in [1.54, 1.807) is 14.2 Å². The smallest absolute Gasteiger partial charge is 0.189 e. The van der Waals surface area contributed by atoms with Crippen LogP contribution in [0.15, 0.2) is 29.6 Å². The van der Waals surface area contributed by atoms with E-state index >= 15 is 0 Å². The average molecular weight is 291 g/mol. The van der Waals surface area contributed by atoms with Gasteiger partial charge in [0.15, 0.2) is 16.7 Å². The Bertz CT molecular complexity index is 605. The van der Waals surface area contributed by atoms with Crippen molar-refractivity contribution in [1.82, 2.24) is 9.97 Å². The van der Waals surface area contributed by atoms with Gasteiger partial charge >= 0.3 is 0 Å². The summed E-state index contributed by atoms with van der Waals surface area (Å²) in [6, 6.07) is 5.65. The Kier molecular flexibility index (Phi) is 4.68. The number of aryl methyl sites for hydroxylation is 1. The fraction of sp³-hybridized carbons (Fsp3) is 0.286. The topological polar surface area (TPSA) is 56.3 Å². The fourth-order valence-electron chi connectivity index (χ4n) is 1.70. The lowest BCUT2D eigenvalue weighted by atomic mass is 10.2. The molecule has 0 spiro atoms. The number of hydrogen-bond donors (Lipinski definition) is 1. The molecule has 0 saturated carbocycles. The third-order valence-electron chi connectivity index (χ3n) is 2.78. The third kappa shape index (κ3) is 3.14. The van der Waals surface area contributed by atoms with Crippen molar-refractivity contribution in [2.75, 3.05) is 25.8 Å². The summed E-state index contributed by atoms with van der Waals surface area (Å²) in [5.74, 6) is 2.16. The molecule has 0 radical (unpaired) electrons. The summed E-state index contributed by atoms with van der Waals surface area (Å²) in [6.45, 7) is 1.97. The standard InChI is InChI=1S/C14H17N3O2S/c1-9-8-15-14(20-4)17-13(9)16-10-5-6-11(18-2)12(7-10)19-3/h5-8H,1-4H3,(H,15,16,17). The van der Waals surface area contributed by atoms with Gasteiger partial charge in [-0.05, 0) is 25.3 Å². The molecule has 0 atom stereocenters. The van der Waals surface area contributed by atoms with E-state index in [-0.39, 0.29) is 0 Å². The summed E-state index contributed by atoms with van der Waals surface area (Å²) < 4.78 is 10.5. The maximum Gasteiger partial charge on any atom is 0.189 e. The lowest BCUT2D eigenvalue weighted by molar-refractivity contribution is 0.355. The Morgan fingerprint density at radius 2 is 1.90 bits per heavy atom. The number of anilines is 2. The number of methoxy groups -OCH3 is 2. The zero-order chi connectivity index (χ0) is 14.5. The van der Waals surface area contributed by atoms with Crippen LogP contribution in [-0.4, -0.2) is 30.4 Å². The quantitative estimate of drug-likeness (QED) is 0.674. The fourth-order valence-corrected chi connectivity index (χ4v) is 2.04. The zero-order valence-electron chi connectivity index (χ0n) is 11.9. The zero-order valence-corrected chi connectivity index (χ0v) is 12.7. The van der Waals surface area contributed by atoms with E-state index in [0.717, 1.165) is 22.2 Å². The Morgan fingerprint density at radius 1 is 1.15 bits per heavy atom. The highest BCUT2D eigenvalue weighted by molar-refractivity contribution is 7.98. The molecule has 5 nitrogen and oxygen atoms in total. The van der Waals surface area contributed by atoms with Crippen molar-refractivity contribution in [2.45, 2.75) is 12.1 Å². The molecule has 2 rings (SSSR count). The van der Waals surface area contributed by atoms with Gasteiger partial charge in [0, 0.05) is 23.5 Å². The van der Waals surface area contributed by atoms with Gasteiger partial charge in [0.25, 0.3) is 0 Å². The number of aromatic nitrogens is 2. The van der Waals surface area contributed by atoms with Crippen molar-refractivity contribution < 1.29 is 9.47 Å². The van der Waals surface area contributed by atoms with Gasteiger partial charge < -0.3 is 14.8 Å². The number of rotatable bonds is 5. The molecule has 0 unspecified atom stereocenters.